The van der Waals surface area contributed by atoms with E-state index in [1.54, 1.807) is 13.2 Å². The molecule has 1 rings (SSSR count). The number of methoxy groups -OCH3 is 1. The van der Waals surface area contributed by atoms with E-state index in [4.69, 9.17) is 20.5 Å². The zero-order valence-corrected chi connectivity index (χ0v) is 11.6. The number of nitrogens with zero attached hydrogens (tertiary/aromatic N) is 1. The normalized spacial score (nSPS) is 11.3. The summed E-state index contributed by atoms with van der Waals surface area (Å²) in [5.41, 5.74) is 7.91. The van der Waals surface area contributed by atoms with Gasteiger partial charge in [-0.15, -0.1) is 0 Å². The Hall–Kier alpha value is -1.99. The molecule has 1 aromatic rings. The Morgan fingerprint density at radius 2 is 2.16 bits per heavy atom. The number of ether oxygens (including phenoxy) is 2. The molecule has 0 bridgehead atoms. The number of hydrogen-bond acceptors (Lipinski definition) is 4. The van der Waals surface area contributed by atoms with Gasteiger partial charge in [-0.1, -0.05) is 31.6 Å². The smallest absolute Gasteiger partial charge is 0.174 e. The number of nitrogens with two attached hydrogens (primary N) is 1. The lowest BCUT2D eigenvalue weighted by molar-refractivity contribution is 0.329. The van der Waals surface area contributed by atoms with E-state index in [1.807, 2.05) is 18.2 Å². The first kappa shape index (κ1) is 15.1. The van der Waals surface area contributed by atoms with Crippen molar-refractivity contribution in [2.45, 2.75) is 13.8 Å². The van der Waals surface area contributed by atoms with Crippen LogP contribution < -0.4 is 15.2 Å². The summed E-state index contributed by atoms with van der Waals surface area (Å²) >= 11 is 0. The van der Waals surface area contributed by atoms with Crippen molar-refractivity contribution in [2.75, 3.05) is 20.3 Å². The molecule has 4 heteroatoms. The van der Waals surface area contributed by atoms with Crippen LogP contribution >= 0.6 is 0 Å². The maximum absolute atomic E-state index is 8.52. The van der Waals surface area contributed by atoms with Gasteiger partial charge in [0, 0.05) is 6.54 Å². The quantitative estimate of drug-likeness (QED) is 0.853. The van der Waals surface area contributed by atoms with E-state index < -0.39 is 0 Å². The minimum Gasteiger partial charge on any atom is -0.493 e. The van der Waals surface area contributed by atoms with Crippen LogP contribution in [-0.4, -0.2) is 20.3 Å². The molecular weight excluding hydrogens is 240 g/mol. The third-order valence-corrected chi connectivity index (χ3v) is 2.81. The highest BCUT2D eigenvalue weighted by Crippen LogP contribution is 2.29. The van der Waals surface area contributed by atoms with Crippen molar-refractivity contribution in [3.05, 3.63) is 29.3 Å². The van der Waals surface area contributed by atoms with Crippen LogP contribution in [-0.2, 0) is 0 Å². The molecule has 0 atom stereocenters. The number of rotatable bonds is 6. The van der Waals surface area contributed by atoms with E-state index in [9.17, 15) is 0 Å². The van der Waals surface area contributed by atoms with Gasteiger partial charge in [0.15, 0.2) is 18.1 Å². The first-order valence-corrected chi connectivity index (χ1v) is 6.20. The van der Waals surface area contributed by atoms with Crippen LogP contribution in [0, 0.1) is 17.2 Å². The largest absolute Gasteiger partial charge is 0.493 e. The lowest BCUT2D eigenvalue weighted by atomic mass is 10.0. The third kappa shape index (κ3) is 4.31. The van der Waals surface area contributed by atoms with Gasteiger partial charge in [-0.2, -0.15) is 5.26 Å². The Labute approximate surface area is 114 Å². The summed E-state index contributed by atoms with van der Waals surface area (Å²) in [4.78, 5) is 0. The molecule has 0 saturated heterocycles. The number of benzene rings is 1. The third-order valence-electron chi connectivity index (χ3n) is 2.81. The molecule has 0 aliphatic carbocycles. The van der Waals surface area contributed by atoms with E-state index in [2.05, 4.69) is 19.9 Å². The van der Waals surface area contributed by atoms with Crippen LogP contribution in [0.1, 0.15) is 19.4 Å². The summed E-state index contributed by atoms with van der Waals surface area (Å²) in [5.74, 6) is 1.59. The van der Waals surface area contributed by atoms with Gasteiger partial charge in [-0.05, 0) is 23.6 Å². The van der Waals surface area contributed by atoms with Crippen LogP contribution in [0.25, 0.3) is 6.08 Å². The van der Waals surface area contributed by atoms with Crippen molar-refractivity contribution in [3.63, 3.8) is 0 Å². The van der Waals surface area contributed by atoms with Crippen molar-refractivity contribution < 1.29 is 9.47 Å². The van der Waals surface area contributed by atoms with Crippen LogP contribution in [0.4, 0.5) is 0 Å². The van der Waals surface area contributed by atoms with Crippen LogP contribution in [0.2, 0.25) is 0 Å². The van der Waals surface area contributed by atoms with Gasteiger partial charge in [0.2, 0.25) is 0 Å². The lowest BCUT2D eigenvalue weighted by Crippen LogP contribution is -2.08. The fourth-order valence-electron chi connectivity index (χ4n) is 1.68. The molecule has 0 amide bonds. The van der Waals surface area contributed by atoms with Gasteiger partial charge in [0.1, 0.15) is 6.07 Å². The minimum absolute atomic E-state index is 0.00555. The maximum Gasteiger partial charge on any atom is 0.174 e. The molecule has 0 radical (unpaired) electrons. The van der Waals surface area contributed by atoms with Crippen molar-refractivity contribution in [1.82, 2.24) is 0 Å². The molecule has 2 N–H and O–H groups in total. The molecule has 0 aliphatic rings. The topological polar surface area (TPSA) is 68.3 Å². The molecule has 1 aromatic carbocycles. The van der Waals surface area contributed by atoms with Crippen molar-refractivity contribution in [3.8, 4) is 17.6 Å². The van der Waals surface area contributed by atoms with E-state index in [-0.39, 0.29) is 6.61 Å². The van der Waals surface area contributed by atoms with Crippen LogP contribution in [0.15, 0.2) is 23.8 Å². The predicted molar refractivity (Wildman–Crippen MR) is 76.0 cm³/mol. The zero-order chi connectivity index (χ0) is 14.3. The number of hydrogen-bond donors (Lipinski definition) is 1. The van der Waals surface area contributed by atoms with Crippen LogP contribution in [0.3, 0.4) is 0 Å². The molecular formula is C15H20N2O2. The van der Waals surface area contributed by atoms with Gasteiger partial charge < -0.3 is 15.2 Å². The molecule has 0 aliphatic heterocycles. The fraction of sp³-hybridized carbons (Fsp3) is 0.400. The Balaban J connectivity index is 3.03. The first-order chi connectivity index (χ1) is 9.12. The summed E-state index contributed by atoms with van der Waals surface area (Å²) in [6, 6.07) is 7.54. The van der Waals surface area contributed by atoms with Gasteiger partial charge in [0.05, 0.1) is 7.11 Å². The van der Waals surface area contributed by atoms with E-state index in [1.165, 1.54) is 5.57 Å². The summed E-state index contributed by atoms with van der Waals surface area (Å²) in [6.07, 6.45) is 2.06. The summed E-state index contributed by atoms with van der Waals surface area (Å²) in [5, 5.41) is 8.52. The van der Waals surface area contributed by atoms with Crippen molar-refractivity contribution in [1.29, 1.82) is 5.26 Å². The summed E-state index contributed by atoms with van der Waals surface area (Å²) in [7, 11) is 1.58. The highest BCUT2D eigenvalue weighted by atomic mass is 16.5. The lowest BCUT2D eigenvalue weighted by Gasteiger charge is -2.11. The predicted octanol–water partition coefficient (Wildman–Crippen LogP) is 2.60. The Morgan fingerprint density at radius 1 is 1.42 bits per heavy atom. The Bertz CT molecular complexity index is 487. The van der Waals surface area contributed by atoms with Crippen molar-refractivity contribution in [2.24, 2.45) is 11.7 Å². The molecule has 4 nitrogen and oxygen atoms in total. The highest BCUT2D eigenvalue weighted by Gasteiger charge is 2.06. The zero-order valence-electron chi connectivity index (χ0n) is 11.6. The molecule has 0 spiro atoms. The monoisotopic (exact) mass is 260 g/mol. The molecule has 0 aromatic heterocycles. The molecule has 0 unspecified atom stereocenters. The SMILES string of the molecule is COc1cc(C=C(CN)C(C)C)ccc1OCC#N. The van der Waals surface area contributed by atoms with E-state index in [0.29, 0.717) is 24.0 Å². The standard InChI is InChI=1S/C15H20N2O2/c1-11(2)13(10-17)8-12-4-5-14(19-7-6-16)15(9-12)18-3/h4-5,8-9,11H,7,10,17H2,1-3H3. The Morgan fingerprint density at radius 3 is 2.68 bits per heavy atom. The molecule has 19 heavy (non-hydrogen) atoms. The van der Waals surface area contributed by atoms with Crippen molar-refractivity contribution >= 4 is 6.08 Å². The summed E-state index contributed by atoms with van der Waals surface area (Å²) in [6.45, 7) is 4.76. The highest BCUT2D eigenvalue weighted by molar-refractivity contribution is 5.58. The fourth-order valence-corrected chi connectivity index (χ4v) is 1.68. The second-order valence-electron chi connectivity index (χ2n) is 4.44. The molecule has 0 heterocycles. The first-order valence-electron chi connectivity index (χ1n) is 6.20. The van der Waals surface area contributed by atoms with E-state index >= 15 is 0 Å². The second kappa shape index (κ2) is 7.45. The maximum atomic E-state index is 8.52. The molecule has 0 fully saturated rings. The van der Waals surface area contributed by atoms with Crippen LogP contribution in [0.5, 0.6) is 11.5 Å². The van der Waals surface area contributed by atoms with Gasteiger partial charge in [-0.3, -0.25) is 0 Å². The van der Waals surface area contributed by atoms with E-state index in [0.717, 1.165) is 5.56 Å². The average Bonchev–Trinajstić information content (AvgIpc) is 2.42. The Kier molecular flexibility index (Phi) is 5.91. The summed E-state index contributed by atoms with van der Waals surface area (Å²) < 4.78 is 10.5. The minimum atomic E-state index is 0.00555. The van der Waals surface area contributed by atoms with Gasteiger partial charge in [0.25, 0.3) is 0 Å². The molecule has 102 valence electrons. The molecule has 0 saturated carbocycles. The second-order valence-corrected chi connectivity index (χ2v) is 4.44. The van der Waals surface area contributed by atoms with Gasteiger partial charge >= 0.3 is 0 Å². The number of nitriles is 1. The average molecular weight is 260 g/mol. The van der Waals surface area contributed by atoms with Gasteiger partial charge in [-0.25, -0.2) is 0 Å².